The van der Waals surface area contributed by atoms with Crippen LogP contribution in [0.15, 0.2) is 4.42 Å². The minimum absolute atomic E-state index is 0.0826. The molecule has 0 aliphatic carbocycles. The van der Waals surface area contributed by atoms with Crippen molar-refractivity contribution in [2.24, 2.45) is 0 Å². The van der Waals surface area contributed by atoms with Gasteiger partial charge in [-0.1, -0.05) is 10.2 Å². The molecular formula is C7H12N4O2. The van der Waals surface area contributed by atoms with Crippen LogP contribution >= 0.6 is 0 Å². The quantitative estimate of drug-likeness (QED) is 0.684. The molecule has 0 amide bonds. The Morgan fingerprint density at radius 1 is 1.46 bits per heavy atom. The Bertz CT molecular complexity index is 269. The van der Waals surface area contributed by atoms with E-state index in [0.29, 0.717) is 12.6 Å². The fourth-order valence-corrected chi connectivity index (χ4v) is 1.32. The highest BCUT2D eigenvalue weighted by Crippen LogP contribution is 2.13. The number of nitrogen functional groups attached to an aromatic ring is 1. The minimum Gasteiger partial charge on any atom is -0.390 e. The van der Waals surface area contributed by atoms with E-state index in [1.165, 1.54) is 0 Å². The molecule has 1 unspecified atom stereocenters. The Morgan fingerprint density at radius 2 is 2.38 bits per heavy atom. The minimum atomic E-state index is 0.0826. The van der Waals surface area contributed by atoms with Gasteiger partial charge in [0.25, 0.3) is 0 Å². The summed E-state index contributed by atoms with van der Waals surface area (Å²) in [5.74, 6) is 0. The van der Waals surface area contributed by atoms with Crippen molar-refractivity contribution >= 4 is 12.0 Å². The number of ether oxygens (including phenoxy) is 1. The molecule has 1 aromatic heterocycles. The Kier molecular flexibility index (Phi) is 2.31. The Balaban J connectivity index is 1.89. The SMILES string of the molecule is Nc1nnc(NC2CCCOC2)o1. The third-order valence-electron chi connectivity index (χ3n) is 1.93. The molecule has 0 aromatic carbocycles. The van der Waals surface area contributed by atoms with Crippen LogP contribution in [0.3, 0.4) is 0 Å². The average Bonchev–Trinajstić information content (AvgIpc) is 2.53. The molecule has 1 fully saturated rings. The van der Waals surface area contributed by atoms with E-state index < -0.39 is 0 Å². The molecule has 1 atom stereocenters. The fraction of sp³-hybridized carbons (Fsp3) is 0.714. The summed E-state index contributed by atoms with van der Waals surface area (Å²) in [5, 5.41) is 10.3. The predicted molar refractivity (Wildman–Crippen MR) is 46.2 cm³/mol. The molecule has 13 heavy (non-hydrogen) atoms. The summed E-state index contributed by atoms with van der Waals surface area (Å²) in [7, 11) is 0. The maximum absolute atomic E-state index is 5.28. The highest BCUT2D eigenvalue weighted by Gasteiger charge is 2.15. The van der Waals surface area contributed by atoms with Gasteiger partial charge < -0.3 is 20.2 Å². The number of hydrogen-bond acceptors (Lipinski definition) is 6. The lowest BCUT2D eigenvalue weighted by atomic mass is 10.1. The summed E-state index contributed by atoms with van der Waals surface area (Å²) in [6.07, 6.45) is 2.11. The zero-order valence-electron chi connectivity index (χ0n) is 7.19. The molecule has 0 radical (unpaired) electrons. The molecule has 72 valence electrons. The number of aromatic nitrogens is 2. The molecule has 6 nitrogen and oxygen atoms in total. The summed E-state index contributed by atoms with van der Waals surface area (Å²) in [4.78, 5) is 0. The van der Waals surface area contributed by atoms with Crippen LogP contribution in [0.5, 0.6) is 0 Å². The number of rotatable bonds is 2. The highest BCUT2D eigenvalue weighted by molar-refractivity contribution is 5.24. The van der Waals surface area contributed by atoms with Crippen molar-refractivity contribution in [3.8, 4) is 0 Å². The van der Waals surface area contributed by atoms with Crippen molar-refractivity contribution < 1.29 is 9.15 Å². The van der Waals surface area contributed by atoms with Gasteiger partial charge in [-0.2, -0.15) is 0 Å². The van der Waals surface area contributed by atoms with Crippen molar-refractivity contribution in [1.82, 2.24) is 10.2 Å². The van der Waals surface area contributed by atoms with Crippen molar-refractivity contribution in [1.29, 1.82) is 0 Å². The Morgan fingerprint density at radius 3 is 3.00 bits per heavy atom. The lowest BCUT2D eigenvalue weighted by molar-refractivity contribution is 0.0869. The van der Waals surface area contributed by atoms with E-state index in [0.717, 1.165) is 19.4 Å². The maximum atomic E-state index is 5.28. The standard InChI is InChI=1S/C7H12N4O2/c8-6-10-11-7(13-6)9-5-2-1-3-12-4-5/h5H,1-4H2,(H2,8,10)(H,9,11). The van der Waals surface area contributed by atoms with E-state index in [4.69, 9.17) is 14.9 Å². The topological polar surface area (TPSA) is 86.2 Å². The Labute approximate surface area is 75.5 Å². The monoisotopic (exact) mass is 184 g/mol. The molecule has 1 aliphatic heterocycles. The van der Waals surface area contributed by atoms with E-state index in [1.54, 1.807) is 0 Å². The smallest absolute Gasteiger partial charge is 0.317 e. The summed E-state index contributed by atoms with van der Waals surface area (Å²) >= 11 is 0. The average molecular weight is 184 g/mol. The van der Waals surface area contributed by atoms with Crippen LogP contribution < -0.4 is 11.1 Å². The third-order valence-corrected chi connectivity index (χ3v) is 1.93. The molecular weight excluding hydrogens is 172 g/mol. The molecule has 2 rings (SSSR count). The summed E-state index contributed by atoms with van der Waals surface area (Å²) in [6.45, 7) is 1.52. The highest BCUT2D eigenvalue weighted by atomic mass is 16.5. The molecule has 0 saturated carbocycles. The van der Waals surface area contributed by atoms with E-state index in [-0.39, 0.29) is 12.1 Å². The van der Waals surface area contributed by atoms with E-state index in [9.17, 15) is 0 Å². The molecule has 1 aliphatic rings. The van der Waals surface area contributed by atoms with Gasteiger partial charge >= 0.3 is 12.0 Å². The van der Waals surface area contributed by atoms with Crippen molar-refractivity contribution in [2.75, 3.05) is 24.3 Å². The van der Waals surface area contributed by atoms with E-state index in [1.807, 2.05) is 0 Å². The second kappa shape index (κ2) is 3.61. The van der Waals surface area contributed by atoms with Gasteiger partial charge in [0, 0.05) is 6.61 Å². The first-order valence-corrected chi connectivity index (χ1v) is 4.28. The van der Waals surface area contributed by atoms with Crippen LogP contribution in [0.1, 0.15) is 12.8 Å². The predicted octanol–water partition coefficient (Wildman–Crippen LogP) is 0.243. The van der Waals surface area contributed by atoms with Gasteiger partial charge in [-0.15, -0.1) is 0 Å². The Hall–Kier alpha value is -1.30. The van der Waals surface area contributed by atoms with Gasteiger partial charge in [0.1, 0.15) is 0 Å². The van der Waals surface area contributed by atoms with Gasteiger partial charge in [0.2, 0.25) is 0 Å². The second-order valence-corrected chi connectivity index (χ2v) is 3.00. The molecule has 0 spiro atoms. The number of anilines is 2. The molecule has 2 heterocycles. The maximum Gasteiger partial charge on any atom is 0.317 e. The third kappa shape index (κ3) is 2.09. The normalized spacial score (nSPS) is 22.9. The molecule has 0 bridgehead atoms. The molecule has 3 N–H and O–H groups in total. The van der Waals surface area contributed by atoms with Crippen molar-refractivity contribution in [2.45, 2.75) is 18.9 Å². The van der Waals surface area contributed by atoms with Gasteiger partial charge in [-0.3, -0.25) is 0 Å². The van der Waals surface area contributed by atoms with Gasteiger partial charge in [0.15, 0.2) is 0 Å². The fourth-order valence-electron chi connectivity index (χ4n) is 1.32. The molecule has 6 heteroatoms. The van der Waals surface area contributed by atoms with Crippen LogP contribution in [-0.4, -0.2) is 29.5 Å². The van der Waals surface area contributed by atoms with Crippen LogP contribution in [0.4, 0.5) is 12.0 Å². The lowest BCUT2D eigenvalue weighted by Crippen LogP contribution is -2.30. The first-order valence-electron chi connectivity index (χ1n) is 4.28. The summed E-state index contributed by atoms with van der Waals surface area (Å²) < 4.78 is 10.3. The van der Waals surface area contributed by atoms with Crippen molar-refractivity contribution in [3.63, 3.8) is 0 Å². The first kappa shape index (κ1) is 8.31. The lowest BCUT2D eigenvalue weighted by Gasteiger charge is -2.21. The van der Waals surface area contributed by atoms with Gasteiger partial charge in [-0.25, -0.2) is 0 Å². The van der Waals surface area contributed by atoms with Crippen LogP contribution in [0.25, 0.3) is 0 Å². The largest absolute Gasteiger partial charge is 0.390 e. The molecule has 1 aromatic rings. The zero-order chi connectivity index (χ0) is 9.10. The molecule has 1 saturated heterocycles. The van der Waals surface area contributed by atoms with Gasteiger partial charge in [-0.05, 0) is 12.8 Å². The number of hydrogen-bond donors (Lipinski definition) is 2. The number of nitrogens with two attached hydrogens (primary N) is 1. The van der Waals surface area contributed by atoms with Gasteiger partial charge in [0.05, 0.1) is 12.6 Å². The second-order valence-electron chi connectivity index (χ2n) is 3.00. The first-order chi connectivity index (χ1) is 6.34. The van der Waals surface area contributed by atoms with Crippen LogP contribution in [-0.2, 0) is 4.74 Å². The van der Waals surface area contributed by atoms with E-state index in [2.05, 4.69) is 15.5 Å². The summed E-state index contributed by atoms with van der Waals surface area (Å²) in [6, 6.07) is 0.709. The summed E-state index contributed by atoms with van der Waals surface area (Å²) in [5.41, 5.74) is 5.27. The number of nitrogens with one attached hydrogen (secondary N) is 1. The van der Waals surface area contributed by atoms with Crippen LogP contribution in [0.2, 0.25) is 0 Å². The zero-order valence-corrected chi connectivity index (χ0v) is 7.19. The van der Waals surface area contributed by atoms with E-state index >= 15 is 0 Å². The van der Waals surface area contributed by atoms with Crippen LogP contribution in [0, 0.1) is 0 Å². The van der Waals surface area contributed by atoms with Crippen molar-refractivity contribution in [3.05, 3.63) is 0 Å². The number of nitrogens with zero attached hydrogens (tertiary/aromatic N) is 2.